The fourth-order valence-corrected chi connectivity index (χ4v) is 4.12. The van der Waals surface area contributed by atoms with Gasteiger partial charge in [0.05, 0.1) is 19.8 Å². The average Bonchev–Trinajstić information content (AvgIpc) is 3.16. The van der Waals surface area contributed by atoms with Crippen LogP contribution in [-0.2, 0) is 36.9 Å². The monoisotopic (exact) mass is 734 g/mol. The molecule has 0 spiro atoms. The molecule has 1 unspecified atom stereocenters. The van der Waals surface area contributed by atoms with Crippen LogP contribution in [0.4, 0.5) is 37.2 Å². The zero-order chi connectivity index (χ0) is 37.8. The molecule has 0 bridgehead atoms. The van der Waals surface area contributed by atoms with Gasteiger partial charge in [0.2, 0.25) is 52.4 Å². The van der Waals surface area contributed by atoms with Crippen LogP contribution in [0.2, 0.25) is 0 Å². The zero-order valence-corrected chi connectivity index (χ0v) is 27.8. The Balaban J connectivity index is 1.23. The largest absolute Gasteiger partial charge is 0.514 e. The summed E-state index contributed by atoms with van der Waals surface area (Å²) in [6.45, 7) is 2.50. The van der Waals surface area contributed by atoms with Crippen LogP contribution >= 0.6 is 0 Å². The van der Waals surface area contributed by atoms with Crippen LogP contribution in [-0.4, -0.2) is 72.5 Å². The number of aromatic nitrogens is 4. The Hall–Kier alpha value is -5.82. The summed E-state index contributed by atoms with van der Waals surface area (Å²) in [5.74, 6) is -13.4. The third-order valence-corrected chi connectivity index (χ3v) is 7.05. The van der Waals surface area contributed by atoms with E-state index < -0.39 is 59.8 Å². The molecular formula is C33H31F5N6O8. The van der Waals surface area contributed by atoms with E-state index in [1.54, 1.807) is 31.4 Å². The minimum absolute atomic E-state index is 0.0290. The van der Waals surface area contributed by atoms with Crippen LogP contribution in [0.15, 0.2) is 48.5 Å². The topological polar surface area (TPSA) is 164 Å². The van der Waals surface area contributed by atoms with Gasteiger partial charge in [-0.15, -0.1) is 20.4 Å². The lowest BCUT2D eigenvalue weighted by Crippen LogP contribution is -2.28. The number of nitrogens with one attached hydrogen (secondary N) is 1. The van der Waals surface area contributed by atoms with Crippen molar-refractivity contribution >= 4 is 23.8 Å². The lowest BCUT2D eigenvalue weighted by molar-refractivity contribution is -0.122. The Morgan fingerprint density at radius 1 is 0.788 bits per heavy atom. The predicted octanol–water partition coefficient (Wildman–Crippen LogP) is 5.35. The molecule has 0 fully saturated rings. The first-order valence-electron chi connectivity index (χ1n) is 15.3. The molecule has 52 heavy (non-hydrogen) atoms. The van der Waals surface area contributed by atoms with Crippen molar-refractivity contribution in [2.45, 2.75) is 32.6 Å². The second kappa shape index (κ2) is 18.4. The Bertz CT molecular complexity index is 1830. The Labute approximate surface area is 292 Å². The number of halogens is 5. The molecule has 1 N–H and O–H groups in total. The summed E-state index contributed by atoms with van der Waals surface area (Å²) in [6, 6.07) is 12.8. The Morgan fingerprint density at radius 2 is 1.38 bits per heavy atom. The summed E-state index contributed by atoms with van der Waals surface area (Å²) in [5.41, 5.74) is 2.12. The van der Waals surface area contributed by atoms with E-state index in [2.05, 4.69) is 30.4 Å². The molecule has 4 rings (SSSR count). The van der Waals surface area contributed by atoms with Crippen molar-refractivity contribution in [3.63, 3.8) is 0 Å². The van der Waals surface area contributed by atoms with E-state index in [9.17, 15) is 36.3 Å². The molecule has 19 heteroatoms. The van der Waals surface area contributed by atoms with Crippen LogP contribution in [0.5, 0.6) is 5.75 Å². The molecule has 0 aliphatic heterocycles. The molecular weight excluding hydrogens is 703 g/mol. The van der Waals surface area contributed by atoms with Crippen molar-refractivity contribution in [1.82, 2.24) is 25.7 Å². The Morgan fingerprint density at radius 3 is 2.00 bits per heavy atom. The molecule has 1 heterocycles. The molecule has 0 radical (unpaired) electrons. The number of anilines is 1. The number of hydrogen-bond acceptors (Lipinski definition) is 12. The zero-order valence-electron chi connectivity index (χ0n) is 27.8. The maximum absolute atomic E-state index is 13.7. The van der Waals surface area contributed by atoms with Gasteiger partial charge in [-0.05, 0) is 30.2 Å². The second-order valence-corrected chi connectivity index (χ2v) is 10.7. The summed E-state index contributed by atoms with van der Waals surface area (Å²) in [6.07, 6.45) is -3.24. The molecule has 0 saturated heterocycles. The first-order valence-corrected chi connectivity index (χ1v) is 15.3. The number of hydrogen-bond donors (Lipinski definition) is 1. The highest BCUT2D eigenvalue weighted by Crippen LogP contribution is 2.29. The van der Waals surface area contributed by atoms with E-state index in [0.29, 0.717) is 43.2 Å². The number of nitrogens with zero attached hydrogens (tertiary/aromatic N) is 5. The Kier molecular flexibility index (Phi) is 13.8. The number of benzene rings is 3. The average molecular weight is 735 g/mol. The van der Waals surface area contributed by atoms with Gasteiger partial charge in [0.25, 0.3) is 0 Å². The number of rotatable bonds is 15. The number of methoxy groups -OCH3 is 1. The standard InChI is InChI=1S/C33H31F5N6O8/c1-18(30-40-42-31(43-41-30)21-8-4-19(5-9-21)16-39-23(45)12-13-49-15-14-48-3)51-32(46)44(2)22-10-6-20(7-11-22)17-50-33(47)52-29-27(37)25(35)24(34)26(36)28(29)38/h4-11,18H,12-17H2,1-3H3,(H,39,45). The van der Waals surface area contributed by atoms with Crippen LogP contribution in [0, 0.1) is 29.1 Å². The maximum atomic E-state index is 13.7. The van der Waals surface area contributed by atoms with Crippen molar-refractivity contribution in [2.24, 2.45) is 0 Å². The maximum Gasteiger partial charge on any atom is 0.514 e. The normalized spacial score (nSPS) is 11.5. The molecule has 1 atom stereocenters. The van der Waals surface area contributed by atoms with Gasteiger partial charge in [-0.1, -0.05) is 36.4 Å². The summed E-state index contributed by atoms with van der Waals surface area (Å²) in [4.78, 5) is 37.8. The first kappa shape index (κ1) is 39.0. The lowest BCUT2D eigenvalue weighted by atomic mass is 10.1. The van der Waals surface area contributed by atoms with Gasteiger partial charge in [0, 0.05) is 38.4 Å². The van der Waals surface area contributed by atoms with E-state index in [4.69, 9.17) is 18.9 Å². The molecule has 276 valence electrons. The van der Waals surface area contributed by atoms with Crippen LogP contribution in [0.3, 0.4) is 0 Å². The number of ether oxygens (including phenoxy) is 5. The number of amides is 2. The highest BCUT2D eigenvalue weighted by Gasteiger charge is 2.29. The minimum atomic E-state index is -2.41. The van der Waals surface area contributed by atoms with Gasteiger partial charge in [-0.2, -0.15) is 8.78 Å². The SMILES string of the molecule is COCCOCCC(=O)NCc1ccc(-c2nnc(C(C)OC(=O)N(C)c3ccc(COC(=O)Oc4c(F)c(F)c(F)c(F)c4F)cc3)nn2)cc1. The van der Waals surface area contributed by atoms with E-state index in [1.807, 2.05) is 0 Å². The van der Waals surface area contributed by atoms with Crippen molar-refractivity contribution in [2.75, 3.05) is 38.9 Å². The van der Waals surface area contributed by atoms with Gasteiger partial charge in [0.15, 0.2) is 6.10 Å². The van der Waals surface area contributed by atoms with Crippen molar-refractivity contribution in [3.05, 3.63) is 94.6 Å². The van der Waals surface area contributed by atoms with E-state index in [-0.39, 0.29) is 24.0 Å². The number of carbonyl (C=O) groups excluding carboxylic acids is 3. The summed E-state index contributed by atoms with van der Waals surface area (Å²) in [7, 11) is 2.98. The molecule has 3 aromatic carbocycles. The van der Waals surface area contributed by atoms with Crippen molar-refractivity contribution in [3.8, 4) is 17.1 Å². The van der Waals surface area contributed by atoms with Crippen molar-refractivity contribution < 1.29 is 60.0 Å². The van der Waals surface area contributed by atoms with Gasteiger partial charge >= 0.3 is 12.2 Å². The fraction of sp³-hybridized carbons (Fsp3) is 0.303. The molecule has 1 aromatic heterocycles. The highest BCUT2D eigenvalue weighted by atomic mass is 19.2. The van der Waals surface area contributed by atoms with Crippen LogP contribution in [0.25, 0.3) is 11.4 Å². The molecule has 4 aromatic rings. The number of carbonyl (C=O) groups is 3. The second-order valence-electron chi connectivity index (χ2n) is 10.7. The van der Waals surface area contributed by atoms with Gasteiger partial charge in [0.1, 0.15) is 6.61 Å². The van der Waals surface area contributed by atoms with E-state index >= 15 is 0 Å². The van der Waals surface area contributed by atoms with Crippen LogP contribution < -0.4 is 15.0 Å². The van der Waals surface area contributed by atoms with Gasteiger partial charge in [-0.3, -0.25) is 9.69 Å². The first-order chi connectivity index (χ1) is 24.9. The summed E-state index contributed by atoms with van der Waals surface area (Å²) in [5, 5.41) is 19.0. The summed E-state index contributed by atoms with van der Waals surface area (Å²) >= 11 is 0. The summed E-state index contributed by atoms with van der Waals surface area (Å²) < 4.78 is 91.8. The molecule has 0 aliphatic rings. The quantitative estimate of drug-likeness (QED) is 0.0417. The molecule has 2 amide bonds. The van der Waals surface area contributed by atoms with Crippen molar-refractivity contribution in [1.29, 1.82) is 0 Å². The van der Waals surface area contributed by atoms with E-state index in [0.717, 1.165) is 10.5 Å². The lowest BCUT2D eigenvalue weighted by Gasteiger charge is -2.19. The molecule has 0 aliphatic carbocycles. The van der Waals surface area contributed by atoms with Crippen LogP contribution in [0.1, 0.15) is 36.4 Å². The third kappa shape index (κ3) is 10.4. The van der Waals surface area contributed by atoms with Gasteiger partial charge < -0.3 is 29.0 Å². The predicted molar refractivity (Wildman–Crippen MR) is 169 cm³/mol. The van der Waals surface area contributed by atoms with Gasteiger partial charge in [-0.25, -0.2) is 22.8 Å². The fourth-order valence-electron chi connectivity index (χ4n) is 4.12. The third-order valence-electron chi connectivity index (χ3n) is 7.05. The highest BCUT2D eigenvalue weighted by molar-refractivity contribution is 5.87. The smallest absolute Gasteiger partial charge is 0.438 e. The molecule has 14 nitrogen and oxygen atoms in total. The van der Waals surface area contributed by atoms with E-state index in [1.165, 1.54) is 38.2 Å². The minimum Gasteiger partial charge on any atom is -0.438 e. The molecule has 0 saturated carbocycles.